The Bertz CT molecular complexity index is 345. The first-order chi connectivity index (χ1) is 6.32. The first kappa shape index (κ1) is 10.5. The first-order valence-electron chi connectivity index (χ1n) is 3.31. The van der Waals surface area contributed by atoms with Crippen LogP contribution in [0.15, 0.2) is 16.5 Å². The second-order valence-electron chi connectivity index (χ2n) is 2.38. The van der Waals surface area contributed by atoms with Gasteiger partial charge in [0, 0.05) is 0 Å². The molecular formula is C6H4F3NO4. The van der Waals surface area contributed by atoms with E-state index in [0.29, 0.717) is 6.07 Å². The van der Waals surface area contributed by atoms with Crippen molar-refractivity contribution in [3.8, 4) is 0 Å². The van der Waals surface area contributed by atoms with E-state index in [1.807, 2.05) is 0 Å². The minimum Gasteiger partial charge on any atom is -0.403 e. The predicted molar refractivity (Wildman–Crippen MR) is 36.4 cm³/mol. The molecule has 0 saturated carbocycles. The Morgan fingerprint density at radius 1 is 1.50 bits per heavy atom. The number of halogens is 3. The zero-order valence-corrected chi connectivity index (χ0v) is 6.49. The maximum Gasteiger partial charge on any atom is 0.433 e. The zero-order chi connectivity index (χ0) is 10.9. The van der Waals surface area contributed by atoms with Crippen LogP contribution in [-0.2, 0) is 0 Å². The molecule has 0 spiro atoms. The molecule has 0 amide bonds. The molecule has 0 radical (unpaired) electrons. The van der Waals surface area contributed by atoms with Gasteiger partial charge in [-0.05, 0) is 6.07 Å². The molecule has 5 nitrogen and oxygen atoms in total. The minimum atomic E-state index is -4.90. The van der Waals surface area contributed by atoms with Crippen LogP contribution >= 0.6 is 0 Å². The van der Waals surface area contributed by atoms with Gasteiger partial charge in [-0.1, -0.05) is 0 Å². The van der Waals surface area contributed by atoms with Crippen molar-refractivity contribution in [2.24, 2.45) is 0 Å². The Morgan fingerprint density at radius 3 is 2.43 bits per heavy atom. The summed E-state index contributed by atoms with van der Waals surface area (Å²) in [5, 5.41) is 18.6. The van der Waals surface area contributed by atoms with Crippen molar-refractivity contribution in [3.05, 3.63) is 28.0 Å². The van der Waals surface area contributed by atoms with E-state index < -0.39 is 28.8 Å². The summed E-state index contributed by atoms with van der Waals surface area (Å²) in [6.45, 7) is 0. The van der Waals surface area contributed by atoms with Gasteiger partial charge in [-0.15, -0.1) is 0 Å². The van der Waals surface area contributed by atoms with Gasteiger partial charge in [-0.25, -0.2) is 0 Å². The van der Waals surface area contributed by atoms with E-state index in [9.17, 15) is 23.3 Å². The van der Waals surface area contributed by atoms with E-state index in [0.717, 1.165) is 6.07 Å². The van der Waals surface area contributed by atoms with Crippen LogP contribution in [0.4, 0.5) is 19.1 Å². The molecule has 1 heterocycles. The monoisotopic (exact) mass is 211 g/mol. The highest BCUT2D eigenvalue weighted by atomic mass is 19.4. The van der Waals surface area contributed by atoms with E-state index in [-0.39, 0.29) is 0 Å². The molecular weight excluding hydrogens is 207 g/mol. The molecule has 0 aromatic carbocycles. The number of hydrogen-bond acceptors (Lipinski definition) is 4. The van der Waals surface area contributed by atoms with Crippen LogP contribution in [-0.4, -0.2) is 16.2 Å². The Balaban J connectivity index is 2.92. The summed E-state index contributed by atoms with van der Waals surface area (Å²) in [5.41, 5.74) is 0. The lowest BCUT2D eigenvalue weighted by Crippen LogP contribution is -2.19. The van der Waals surface area contributed by atoms with E-state index in [4.69, 9.17) is 5.11 Å². The normalized spacial score (nSPS) is 14.0. The molecule has 1 aromatic rings. The van der Waals surface area contributed by atoms with Gasteiger partial charge in [-0.3, -0.25) is 10.1 Å². The van der Waals surface area contributed by atoms with Crippen molar-refractivity contribution in [2.45, 2.75) is 12.3 Å². The molecule has 78 valence electrons. The van der Waals surface area contributed by atoms with Crippen molar-refractivity contribution in [1.29, 1.82) is 0 Å². The van der Waals surface area contributed by atoms with Gasteiger partial charge < -0.3 is 9.52 Å². The van der Waals surface area contributed by atoms with Gasteiger partial charge in [0.05, 0.1) is 6.07 Å². The highest BCUT2D eigenvalue weighted by Crippen LogP contribution is 2.34. The van der Waals surface area contributed by atoms with Crippen molar-refractivity contribution >= 4 is 5.88 Å². The number of furan rings is 1. The molecule has 8 heteroatoms. The smallest absolute Gasteiger partial charge is 0.403 e. The lowest BCUT2D eigenvalue weighted by Gasteiger charge is -2.10. The molecule has 14 heavy (non-hydrogen) atoms. The molecule has 1 N–H and O–H groups in total. The predicted octanol–water partition coefficient (Wildman–Crippen LogP) is 1.78. The van der Waals surface area contributed by atoms with E-state index in [2.05, 4.69) is 4.42 Å². The van der Waals surface area contributed by atoms with Gasteiger partial charge in [0.2, 0.25) is 6.10 Å². The van der Waals surface area contributed by atoms with Crippen LogP contribution in [0.2, 0.25) is 0 Å². The second kappa shape index (κ2) is 3.29. The molecule has 1 atom stereocenters. The van der Waals surface area contributed by atoms with Crippen LogP contribution in [0.3, 0.4) is 0 Å². The minimum absolute atomic E-state index is 0.705. The lowest BCUT2D eigenvalue weighted by atomic mass is 10.3. The van der Waals surface area contributed by atoms with Gasteiger partial charge >= 0.3 is 12.1 Å². The molecule has 1 rings (SSSR count). The van der Waals surface area contributed by atoms with Crippen LogP contribution in [0.25, 0.3) is 0 Å². The van der Waals surface area contributed by atoms with Crippen molar-refractivity contribution in [2.75, 3.05) is 0 Å². The van der Waals surface area contributed by atoms with Crippen molar-refractivity contribution in [1.82, 2.24) is 0 Å². The summed E-state index contributed by atoms with van der Waals surface area (Å²) >= 11 is 0. The average Bonchev–Trinajstić information content (AvgIpc) is 2.48. The highest BCUT2D eigenvalue weighted by molar-refractivity contribution is 5.19. The van der Waals surface area contributed by atoms with E-state index in [1.165, 1.54) is 0 Å². The fourth-order valence-electron chi connectivity index (χ4n) is 0.749. The number of nitrogens with zero attached hydrogens (tertiary/aromatic N) is 1. The number of alkyl halides is 3. The average molecular weight is 211 g/mol. The summed E-state index contributed by atoms with van der Waals surface area (Å²) in [6, 6.07) is 1.45. The Hall–Kier alpha value is -1.57. The molecule has 1 aromatic heterocycles. The molecule has 0 fully saturated rings. The third kappa shape index (κ3) is 2.02. The van der Waals surface area contributed by atoms with Crippen LogP contribution in [0, 0.1) is 10.1 Å². The van der Waals surface area contributed by atoms with E-state index >= 15 is 0 Å². The summed E-state index contributed by atoms with van der Waals surface area (Å²) in [5.74, 6) is -1.74. The molecule has 0 aliphatic heterocycles. The number of hydrogen-bond donors (Lipinski definition) is 1. The lowest BCUT2D eigenvalue weighted by molar-refractivity contribution is -0.402. The Labute approximate surface area is 74.9 Å². The van der Waals surface area contributed by atoms with Gasteiger partial charge in [0.15, 0.2) is 0 Å². The molecule has 0 bridgehead atoms. The van der Waals surface area contributed by atoms with Crippen molar-refractivity contribution in [3.63, 3.8) is 0 Å². The quantitative estimate of drug-likeness (QED) is 0.597. The van der Waals surface area contributed by atoms with Crippen molar-refractivity contribution < 1.29 is 27.6 Å². The van der Waals surface area contributed by atoms with E-state index in [1.54, 1.807) is 0 Å². The summed E-state index contributed by atoms with van der Waals surface area (Å²) in [7, 11) is 0. The largest absolute Gasteiger partial charge is 0.433 e. The Morgan fingerprint density at radius 2 is 2.07 bits per heavy atom. The second-order valence-corrected chi connectivity index (χ2v) is 2.38. The summed E-state index contributed by atoms with van der Waals surface area (Å²) < 4.78 is 39.8. The third-order valence-electron chi connectivity index (χ3n) is 1.37. The summed E-state index contributed by atoms with van der Waals surface area (Å²) in [6.07, 6.45) is -7.73. The fraction of sp³-hybridized carbons (Fsp3) is 0.333. The molecule has 0 aliphatic rings. The highest BCUT2D eigenvalue weighted by Gasteiger charge is 2.42. The van der Waals surface area contributed by atoms with Gasteiger partial charge in [0.1, 0.15) is 10.7 Å². The maximum atomic E-state index is 11.9. The maximum absolute atomic E-state index is 11.9. The SMILES string of the molecule is O=[N+]([O-])c1ccc([C@@H](O)C(F)(F)F)o1. The van der Waals surface area contributed by atoms with Crippen LogP contribution in [0.1, 0.15) is 11.9 Å². The van der Waals surface area contributed by atoms with Gasteiger partial charge in [-0.2, -0.15) is 13.2 Å². The number of rotatable bonds is 2. The number of aliphatic hydroxyl groups is 1. The number of nitro groups is 1. The fourth-order valence-corrected chi connectivity index (χ4v) is 0.749. The molecule has 0 saturated heterocycles. The van der Waals surface area contributed by atoms with Crippen LogP contribution in [0.5, 0.6) is 0 Å². The van der Waals surface area contributed by atoms with Gasteiger partial charge in [0.25, 0.3) is 0 Å². The summed E-state index contributed by atoms with van der Waals surface area (Å²) in [4.78, 5) is 9.04. The third-order valence-corrected chi connectivity index (χ3v) is 1.37. The molecule has 0 aliphatic carbocycles. The first-order valence-corrected chi connectivity index (χ1v) is 3.31. The van der Waals surface area contributed by atoms with Crippen LogP contribution < -0.4 is 0 Å². The molecule has 0 unspecified atom stereocenters. The Kier molecular flexibility index (Phi) is 2.47. The standard InChI is InChI=1S/C6H4F3NO4/c7-6(8,9)5(11)3-1-2-4(14-3)10(12)13/h1-2,5,11H/t5-/m1/s1. The zero-order valence-electron chi connectivity index (χ0n) is 6.49. The number of aliphatic hydroxyl groups excluding tert-OH is 1. The topological polar surface area (TPSA) is 76.5 Å².